The summed E-state index contributed by atoms with van der Waals surface area (Å²) in [5.74, 6) is -0.464. The second-order valence-electron chi connectivity index (χ2n) is 9.31. The molecule has 2 fully saturated rings. The van der Waals surface area contributed by atoms with E-state index in [2.05, 4.69) is 5.32 Å². The van der Waals surface area contributed by atoms with Gasteiger partial charge in [0, 0.05) is 23.2 Å². The molecule has 1 aromatic carbocycles. The first kappa shape index (κ1) is 24.5. The van der Waals surface area contributed by atoms with Crippen LogP contribution in [0.1, 0.15) is 48.3 Å². The van der Waals surface area contributed by atoms with Crippen molar-refractivity contribution in [1.82, 2.24) is 10.3 Å². The van der Waals surface area contributed by atoms with Crippen LogP contribution < -0.4 is 5.32 Å². The molecule has 0 radical (unpaired) electrons. The first-order valence-electron chi connectivity index (χ1n) is 11.9. The van der Waals surface area contributed by atoms with Gasteiger partial charge in [-0.25, -0.2) is 0 Å². The van der Waals surface area contributed by atoms with Crippen molar-refractivity contribution >= 4 is 23.0 Å². The molecule has 1 aliphatic carbocycles. The molecule has 186 valence electrons. The summed E-state index contributed by atoms with van der Waals surface area (Å²) >= 11 is 6.42. The fourth-order valence-corrected chi connectivity index (χ4v) is 5.39. The maximum Gasteiger partial charge on any atom is 0.187 e. The number of hydrogen-bond acceptors (Lipinski definition) is 8. The molecule has 0 saturated carbocycles. The fraction of sp³-hybridized carbons (Fsp3) is 0.462. The number of nitrogens with zero attached hydrogens (tertiary/aromatic N) is 1. The number of aliphatic hydroxyl groups is 3. The number of piperidine rings is 1. The predicted molar refractivity (Wildman–Crippen MR) is 129 cm³/mol. The molecule has 35 heavy (non-hydrogen) atoms. The number of ketones is 1. The van der Waals surface area contributed by atoms with Gasteiger partial charge < -0.3 is 30.1 Å². The number of carbonyl (C=O) groups excluding carboxylic acids is 1. The number of hydrogen-bond donors (Lipinski definition) is 4. The van der Waals surface area contributed by atoms with Crippen molar-refractivity contribution in [1.29, 1.82) is 0 Å². The number of halogens is 1. The van der Waals surface area contributed by atoms with Crippen molar-refractivity contribution in [3.05, 3.63) is 69.5 Å². The largest absolute Gasteiger partial charge is 0.387 e. The van der Waals surface area contributed by atoms with E-state index in [-0.39, 0.29) is 0 Å². The lowest BCUT2D eigenvalue weighted by Gasteiger charge is -2.40. The summed E-state index contributed by atoms with van der Waals surface area (Å²) in [7, 11) is 0. The van der Waals surface area contributed by atoms with Gasteiger partial charge in [-0.15, -0.1) is 0 Å². The number of aliphatic hydroxyl groups excluding tert-OH is 3. The monoisotopic (exact) mass is 500 g/mol. The number of fused-ring (bicyclic) bond motifs is 2. The zero-order chi connectivity index (χ0) is 24.7. The minimum atomic E-state index is -1.59. The molecular weight excluding hydrogens is 472 g/mol. The normalized spacial score (nSPS) is 30.9. The Labute approximate surface area is 208 Å². The molecular formula is C26H29ClN2O6. The molecule has 6 unspecified atom stereocenters. The van der Waals surface area contributed by atoms with E-state index in [1.807, 2.05) is 30.3 Å². The van der Waals surface area contributed by atoms with Crippen LogP contribution in [0.2, 0.25) is 5.02 Å². The Kier molecular flexibility index (Phi) is 7.05. The van der Waals surface area contributed by atoms with E-state index in [4.69, 9.17) is 26.1 Å². The maximum absolute atomic E-state index is 12.0. The van der Waals surface area contributed by atoms with Crippen LogP contribution in [-0.2, 0) is 20.7 Å². The van der Waals surface area contributed by atoms with E-state index in [0.29, 0.717) is 11.4 Å². The topological polar surface area (TPSA) is 121 Å². The van der Waals surface area contributed by atoms with Gasteiger partial charge >= 0.3 is 0 Å². The number of Topliss-reactive ketones (excluding diaryl/α,β-unsaturated/α-hetero) is 1. The predicted octanol–water partition coefficient (Wildman–Crippen LogP) is 1.93. The maximum atomic E-state index is 12.0. The molecule has 2 aromatic rings. The minimum Gasteiger partial charge on any atom is -0.387 e. The molecule has 2 saturated heterocycles. The van der Waals surface area contributed by atoms with E-state index >= 15 is 0 Å². The van der Waals surface area contributed by atoms with Gasteiger partial charge in [0.05, 0.1) is 11.8 Å². The van der Waals surface area contributed by atoms with Crippen LogP contribution in [0, 0.1) is 0 Å². The third-order valence-corrected chi connectivity index (χ3v) is 7.23. The number of rotatable bonds is 3. The molecule has 0 bridgehead atoms. The Bertz CT molecular complexity index is 1150. The van der Waals surface area contributed by atoms with Crippen molar-refractivity contribution in [2.75, 3.05) is 13.1 Å². The zero-order valence-corrected chi connectivity index (χ0v) is 20.1. The summed E-state index contributed by atoms with van der Waals surface area (Å²) in [5, 5.41) is 35.1. The van der Waals surface area contributed by atoms with Crippen LogP contribution in [0.5, 0.6) is 0 Å². The van der Waals surface area contributed by atoms with E-state index in [1.54, 1.807) is 6.20 Å². The van der Waals surface area contributed by atoms with Crippen molar-refractivity contribution < 1.29 is 29.6 Å². The number of aromatic nitrogens is 1. The van der Waals surface area contributed by atoms with Crippen LogP contribution in [0.15, 0.2) is 42.1 Å². The Morgan fingerprint density at radius 1 is 1.14 bits per heavy atom. The van der Waals surface area contributed by atoms with Crippen LogP contribution in [-0.4, -0.2) is 69.9 Å². The van der Waals surface area contributed by atoms with Gasteiger partial charge in [-0.1, -0.05) is 29.3 Å². The molecule has 6 atom stereocenters. The summed E-state index contributed by atoms with van der Waals surface area (Å²) < 4.78 is 11.9. The Morgan fingerprint density at radius 3 is 2.66 bits per heavy atom. The standard InChI is InChI=1S/C26H29ClN2O6/c1-13(30)25-23(32)22(31)24(33)26(35-25)34-19-11-15-3-2-8-29-21(15)20(14-6-9-28-10-7-14)17-5-4-16(27)12-18(17)19/h2-5,8,12,19,22-26,28,31-33H,6-7,9-11H2,1H3. The molecule has 0 spiro atoms. The molecule has 3 heterocycles. The van der Waals surface area contributed by atoms with E-state index in [9.17, 15) is 20.1 Å². The smallest absolute Gasteiger partial charge is 0.187 e. The number of nitrogens with one attached hydrogen (secondary N) is 1. The minimum absolute atomic E-state index is 0.418. The van der Waals surface area contributed by atoms with E-state index in [1.165, 1.54) is 12.5 Å². The Hall–Kier alpha value is -2.17. The lowest BCUT2D eigenvalue weighted by Crippen LogP contribution is -2.60. The number of pyridine rings is 1. The second-order valence-corrected chi connectivity index (χ2v) is 9.74. The van der Waals surface area contributed by atoms with E-state index in [0.717, 1.165) is 53.9 Å². The highest BCUT2D eigenvalue weighted by atomic mass is 35.5. The first-order chi connectivity index (χ1) is 16.8. The number of carbonyl (C=O) groups is 1. The third-order valence-electron chi connectivity index (χ3n) is 6.99. The third kappa shape index (κ3) is 4.68. The van der Waals surface area contributed by atoms with Crippen LogP contribution >= 0.6 is 11.6 Å². The Balaban J connectivity index is 1.60. The quantitative estimate of drug-likeness (QED) is 0.504. The van der Waals surface area contributed by atoms with Gasteiger partial charge in [0.1, 0.15) is 24.4 Å². The van der Waals surface area contributed by atoms with Crippen molar-refractivity contribution in [2.24, 2.45) is 0 Å². The molecule has 3 aliphatic rings. The van der Waals surface area contributed by atoms with Gasteiger partial charge in [0.2, 0.25) is 0 Å². The lowest BCUT2D eigenvalue weighted by molar-refractivity contribution is -0.301. The van der Waals surface area contributed by atoms with Gasteiger partial charge in [0.15, 0.2) is 12.1 Å². The summed E-state index contributed by atoms with van der Waals surface area (Å²) in [5.41, 5.74) is 6.00. The fourth-order valence-electron chi connectivity index (χ4n) is 5.21. The summed E-state index contributed by atoms with van der Waals surface area (Å²) in [6.07, 6.45) is -3.92. The molecule has 8 nitrogen and oxygen atoms in total. The summed E-state index contributed by atoms with van der Waals surface area (Å²) in [6.45, 7) is 3.03. The van der Waals surface area contributed by atoms with Crippen molar-refractivity contribution in [3.63, 3.8) is 0 Å². The number of ether oxygens (including phenoxy) is 2. The first-order valence-corrected chi connectivity index (χ1v) is 12.3. The summed E-state index contributed by atoms with van der Waals surface area (Å²) in [6, 6.07) is 9.53. The average Bonchev–Trinajstić information content (AvgIpc) is 2.99. The molecule has 9 heteroatoms. The highest BCUT2D eigenvalue weighted by Gasteiger charge is 2.47. The second kappa shape index (κ2) is 10.1. The van der Waals surface area contributed by atoms with Crippen molar-refractivity contribution in [3.8, 4) is 0 Å². The van der Waals surface area contributed by atoms with Crippen LogP contribution in [0.4, 0.5) is 0 Å². The van der Waals surface area contributed by atoms with Gasteiger partial charge in [-0.05, 0) is 67.7 Å². The molecule has 5 rings (SSSR count). The van der Waals surface area contributed by atoms with Gasteiger partial charge in [0.25, 0.3) is 0 Å². The number of benzene rings is 1. The van der Waals surface area contributed by atoms with Crippen LogP contribution in [0.3, 0.4) is 0 Å². The SMILES string of the molecule is CC(=O)C1OC(OC2Cc3cccnc3C(=C3CCNCC3)c3ccc(Cl)cc32)C(O)C(O)C1O. The van der Waals surface area contributed by atoms with Gasteiger partial charge in [-0.2, -0.15) is 0 Å². The molecule has 4 N–H and O–H groups in total. The molecule has 1 aromatic heterocycles. The molecule has 2 aliphatic heterocycles. The molecule has 0 amide bonds. The highest BCUT2D eigenvalue weighted by Crippen LogP contribution is 2.43. The lowest BCUT2D eigenvalue weighted by atomic mass is 9.89. The van der Waals surface area contributed by atoms with E-state index < -0.39 is 42.6 Å². The summed E-state index contributed by atoms with van der Waals surface area (Å²) in [4.78, 5) is 16.8. The highest BCUT2D eigenvalue weighted by molar-refractivity contribution is 6.30. The zero-order valence-electron chi connectivity index (χ0n) is 19.4. The van der Waals surface area contributed by atoms with Crippen molar-refractivity contribution in [2.45, 2.75) is 63.0 Å². The van der Waals surface area contributed by atoms with Gasteiger partial charge in [-0.3, -0.25) is 9.78 Å². The Morgan fingerprint density at radius 2 is 1.91 bits per heavy atom. The average molecular weight is 501 g/mol. The van der Waals surface area contributed by atoms with Crippen LogP contribution in [0.25, 0.3) is 5.57 Å².